The molecule has 2 rings (SSSR count). The average molecular weight is 227 g/mol. The Bertz CT molecular complexity index is 121. The van der Waals surface area contributed by atoms with Gasteiger partial charge in [0, 0.05) is 19.6 Å². The molecule has 1 heterocycles. The van der Waals surface area contributed by atoms with Crippen LogP contribution >= 0.6 is 24.8 Å². The molecular formula is C9H20Cl2N2. The van der Waals surface area contributed by atoms with Crippen LogP contribution in [-0.4, -0.2) is 37.6 Å². The van der Waals surface area contributed by atoms with Gasteiger partial charge in [-0.25, -0.2) is 0 Å². The molecule has 1 aliphatic heterocycles. The summed E-state index contributed by atoms with van der Waals surface area (Å²) in [6.07, 6.45) is 4.32. The molecule has 2 aliphatic rings. The molecular weight excluding hydrogens is 207 g/mol. The maximum absolute atomic E-state index is 3.43. The van der Waals surface area contributed by atoms with Crippen molar-refractivity contribution in [1.29, 1.82) is 0 Å². The van der Waals surface area contributed by atoms with Crippen LogP contribution in [0.3, 0.4) is 0 Å². The van der Waals surface area contributed by atoms with Crippen LogP contribution in [0, 0.1) is 5.92 Å². The highest BCUT2D eigenvalue weighted by molar-refractivity contribution is 5.85. The van der Waals surface area contributed by atoms with Gasteiger partial charge < -0.3 is 10.2 Å². The zero-order valence-corrected chi connectivity index (χ0v) is 9.63. The van der Waals surface area contributed by atoms with E-state index < -0.39 is 0 Å². The fraction of sp³-hybridized carbons (Fsp3) is 1.00. The van der Waals surface area contributed by atoms with Crippen LogP contribution < -0.4 is 5.32 Å². The molecule has 1 saturated carbocycles. The van der Waals surface area contributed by atoms with E-state index in [0.717, 1.165) is 5.92 Å². The van der Waals surface area contributed by atoms with E-state index in [1.54, 1.807) is 0 Å². The van der Waals surface area contributed by atoms with Crippen molar-refractivity contribution >= 4 is 24.8 Å². The molecule has 0 amide bonds. The molecule has 13 heavy (non-hydrogen) atoms. The second kappa shape index (κ2) is 6.88. The van der Waals surface area contributed by atoms with Crippen molar-refractivity contribution in [2.45, 2.75) is 19.3 Å². The van der Waals surface area contributed by atoms with Gasteiger partial charge in [0.2, 0.25) is 0 Å². The lowest BCUT2D eigenvalue weighted by atomic mass is 10.3. The van der Waals surface area contributed by atoms with E-state index in [0.29, 0.717) is 0 Å². The minimum atomic E-state index is 0. The predicted octanol–water partition coefficient (Wildman–Crippen LogP) is 1.54. The second-order valence-electron chi connectivity index (χ2n) is 3.85. The number of rotatable bonds is 2. The SMILES string of the molecule is C1CNCCN(CC2CC2)C1.Cl.Cl. The molecule has 1 N–H and O–H groups in total. The summed E-state index contributed by atoms with van der Waals surface area (Å²) in [6, 6.07) is 0. The highest BCUT2D eigenvalue weighted by atomic mass is 35.5. The highest BCUT2D eigenvalue weighted by Crippen LogP contribution is 2.29. The maximum atomic E-state index is 3.43. The topological polar surface area (TPSA) is 15.3 Å². The molecule has 80 valence electrons. The molecule has 0 bridgehead atoms. The molecule has 4 heteroatoms. The van der Waals surface area contributed by atoms with E-state index in [9.17, 15) is 0 Å². The Morgan fingerprint density at radius 2 is 1.85 bits per heavy atom. The van der Waals surface area contributed by atoms with Crippen LogP contribution in [-0.2, 0) is 0 Å². The number of nitrogens with one attached hydrogen (secondary N) is 1. The van der Waals surface area contributed by atoms with Gasteiger partial charge in [-0.3, -0.25) is 0 Å². The largest absolute Gasteiger partial charge is 0.315 e. The van der Waals surface area contributed by atoms with Gasteiger partial charge in [0.1, 0.15) is 0 Å². The Kier molecular flexibility index (Phi) is 7.15. The predicted molar refractivity (Wildman–Crippen MR) is 61.1 cm³/mol. The van der Waals surface area contributed by atoms with Crippen molar-refractivity contribution in [3.8, 4) is 0 Å². The molecule has 0 aromatic heterocycles. The lowest BCUT2D eigenvalue weighted by Gasteiger charge is -2.18. The smallest absolute Gasteiger partial charge is 0.0107 e. The number of halogens is 2. The van der Waals surface area contributed by atoms with Gasteiger partial charge in [0.05, 0.1) is 0 Å². The fourth-order valence-corrected chi connectivity index (χ4v) is 1.75. The summed E-state index contributed by atoms with van der Waals surface area (Å²) in [5.41, 5.74) is 0. The first kappa shape index (κ1) is 13.5. The summed E-state index contributed by atoms with van der Waals surface area (Å²) < 4.78 is 0. The molecule has 0 radical (unpaired) electrons. The first-order valence-corrected chi connectivity index (χ1v) is 4.88. The normalized spacial score (nSPS) is 24.0. The van der Waals surface area contributed by atoms with Crippen molar-refractivity contribution in [3.05, 3.63) is 0 Å². The van der Waals surface area contributed by atoms with E-state index in [-0.39, 0.29) is 24.8 Å². The lowest BCUT2D eigenvalue weighted by molar-refractivity contribution is 0.281. The summed E-state index contributed by atoms with van der Waals surface area (Å²) in [5.74, 6) is 1.06. The summed E-state index contributed by atoms with van der Waals surface area (Å²) in [5, 5.41) is 3.43. The van der Waals surface area contributed by atoms with Crippen molar-refractivity contribution in [2.75, 3.05) is 32.7 Å². The zero-order valence-electron chi connectivity index (χ0n) is 8.00. The second-order valence-corrected chi connectivity index (χ2v) is 3.85. The molecule has 1 aliphatic carbocycles. The van der Waals surface area contributed by atoms with E-state index >= 15 is 0 Å². The molecule has 1 saturated heterocycles. The van der Waals surface area contributed by atoms with Crippen LogP contribution in [0.25, 0.3) is 0 Å². The number of hydrogen-bond acceptors (Lipinski definition) is 2. The van der Waals surface area contributed by atoms with Crippen molar-refractivity contribution in [3.63, 3.8) is 0 Å². The Morgan fingerprint density at radius 1 is 1.08 bits per heavy atom. The summed E-state index contributed by atoms with van der Waals surface area (Å²) >= 11 is 0. The third-order valence-electron chi connectivity index (χ3n) is 2.65. The van der Waals surface area contributed by atoms with Crippen LogP contribution in [0.2, 0.25) is 0 Å². The molecule has 0 aromatic rings. The van der Waals surface area contributed by atoms with Crippen LogP contribution in [0.1, 0.15) is 19.3 Å². The molecule has 2 nitrogen and oxygen atoms in total. The molecule has 0 spiro atoms. The number of hydrogen-bond donors (Lipinski definition) is 1. The third kappa shape index (κ3) is 5.06. The van der Waals surface area contributed by atoms with Gasteiger partial charge >= 0.3 is 0 Å². The van der Waals surface area contributed by atoms with Gasteiger partial charge in [-0.2, -0.15) is 0 Å². The van der Waals surface area contributed by atoms with Gasteiger partial charge in [0.25, 0.3) is 0 Å². The van der Waals surface area contributed by atoms with Crippen molar-refractivity contribution in [1.82, 2.24) is 10.2 Å². The number of nitrogens with zero attached hydrogens (tertiary/aromatic N) is 1. The summed E-state index contributed by atoms with van der Waals surface area (Å²) in [6.45, 7) is 6.40. The van der Waals surface area contributed by atoms with E-state index in [1.165, 1.54) is 52.0 Å². The average Bonchev–Trinajstić information content (AvgIpc) is 2.77. The Morgan fingerprint density at radius 3 is 2.54 bits per heavy atom. The maximum Gasteiger partial charge on any atom is 0.0107 e. The Labute approximate surface area is 93.3 Å². The first-order chi connectivity index (χ1) is 5.45. The summed E-state index contributed by atoms with van der Waals surface area (Å²) in [7, 11) is 0. The summed E-state index contributed by atoms with van der Waals surface area (Å²) in [4.78, 5) is 2.62. The van der Waals surface area contributed by atoms with Crippen LogP contribution in [0.4, 0.5) is 0 Å². The zero-order chi connectivity index (χ0) is 7.52. The van der Waals surface area contributed by atoms with Crippen molar-refractivity contribution in [2.24, 2.45) is 5.92 Å². The van der Waals surface area contributed by atoms with E-state index in [1.807, 2.05) is 0 Å². The Balaban J connectivity index is 0.000000720. The first-order valence-electron chi connectivity index (χ1n) is 4.88. The van der Waals surface area contributed by atoms with E-state index in [4.69, 9.17) is 0 Å². The standard InChI is InChI=1S/C9H18N2.2ClH/c1-4-10-5-7-11(6-1)8-9-2-3-9;;/h9-10H,1-8H2;2*1H. The van der Waals surface area contributed by atoms with Gasteiger partial charge in [-0.05, 0) is 38.3 Å². The molecule has 0 unspecified atom stereocenters. The minimum absolute atomic E-state index is 0. The lowest BCUT2D eigenvalue weighted by Crippen LogP contribution is -2.29. The molecule has 0 aromatic carbocycles. The van der Waals surface area contributed by atoms with Crippen LogP contribution in [0.15, 0.2) is 0 Å². The van der Waals surface area contributed by atoms with Gasteiger partial charge in [-0.1, -0.05) is 0 Å². The van der Waals surface area contributed by atoms with E-state index in [2.05, 4.69) is 10.2 Å². The highest BCUT2D eigenvalue weighted by Gasteiger charge is 2.24. The minimum Gasteiger partial charge on any atom is -0.315 e. The van der Waals surface area contributed by atoms with Crippen molar-refractivity contribution < 1.29 is 0 Å². The van der Waals surface area contributed by atoms with Crippen LogP contribution in [0.5, 0.6) is 0 Å². The Hall–Kier alpha value is 0.500. The molecule has 2 fully saturated rings. The quantitative estimate of drug-likeness (QED) is 0.769. The van der Waals surface area contributed by atoms with Gasteiger partial charge in [-0.15, -0.1) is 24.8 Å². The fourth-order valence-electron chi connectivity index (χ4n) is 1.75. The molecule has 0 atom stereocenters. The van der Waals surface area contributed by atoms with Gasteiger partial charge in [0.15, 0.2) is 0 Å². The monoisotopic (exact) mass is 226 g/mol. The third-order valence-corrected chi connectivity index (χ3v) is 2.65.